The topological polar surface area (TPSA) is 34.1 Å². The van der Waals surface area contributed by atoms with Crippen LogP contribution in [0.15, 0.2) is 12.1 Å². The van der Waals surface area contributed by atoms with E-state index in [0.29, 0.717) is 0 Å². The van der Waals surface area contributed by atoms with Gasteiger partial charge in [-0.15, -0.1) is 0 Å². The molecular weight excluding hydrogens is 260 g/mol. The monoisotopic (exact) mass is 292 g/mol. The van der Waals surface area contributed by atoms with Crippen molar-refractivity contribution in [2.75, 3.05) is 6.61 Å². The van der Waals surface area contributed by atoms with Gasteiger partial charge in [-0.1, -0.05) is 33.1 Å². The van der Waals surface area contributed by atoms with Crippen molar-refractivity contribution in [2.45, 2.75) is 78.8 Å². The van der Waals surface area contributed by atoms with Crippen LogP contribution in [0.1, 0.15) is 71.6 Å². The summed E-state index contributed by atoms with van der Waals surface area (Å²) < 4.78 is 5.83. The van der Waals surface area contributed by atoms with E-state index >= 15 is 0 Å². The Hall–Kier alpha value is -1.09. The van der Waals surface area contributed by atoms with Gasteiger partial charge in [0.25, 0.3) is 0 Å². The van der Waals surface area contributed by atoms with E-state index in [2.05, 4.69) is 57.1 Å². The van der Waals surface area contributed by atoms with E-state index in [1.807, 2.05) is 0 Å². The highest BCUT2D eigenvalue weighted by Crippen LogP contribution is 2.15. The van der Waals surface area contributed by atoms with Crippen LogP contribution < -0.4 is 10.1 Å². The Morgan fingerprint density at radius 3 is 2.48 bits per heavy atom. The van der Waals surface area contributed by atoms with Crippen LogP contribution in [0.2, 0.25) is 0 Å². The molecule has 1 rings (SSSR count). The summed E-state index contributed by atoms with van der Waals surface area (Å²) in [5.41, 5.74) is 2.48. The molecule has 0 aliphatic heterocycles. The highest BCUT2D eigenvalue weighted by atomic mass is 16.5. The van der Waals surface area contributed by atoms with Gasteiger partial charge in [0, 0.05) is 23.8 Å². The number of ether oxygens (including phenoxy) is 1. The average Bonchev–Trinajstić information content (AvgIpc) is 2.44. The van der Waals surface area contributed by atoms with E-state index < -0.39 is 0 Å². The van der Waals surface area contributed by atoms with Crippen LogP contribution in [0.3, 0.4) is 0 Å². The van der Waals surface area contributed by atoms with Gasteiger partial charge in [0.05, 0.1) is 6.61 Å². The SMILES string of the molecule is CCCCCCOc1cc(CNC(C)(C)C)cc(CC)n1. The van der Waals surface area contributed by atoms with Gasteiger partial charge < -0.3 is 10.1 Å². The third-order valence-electron chi connectivity index (χ3n) is 3.35. The zero-order valence-electron chi connectivity index (χ0n) is 14.5. The number of unbranched alkanes of at least 4 members (excludes halogenated alkanes) is 3. The molecule has 0 aliphatic carbocycles. The summed E-state index contributed by atoms with van der Waals surface area (Å²) in [5.74, 6) is 0.775. The molecule has 0 fully saturated rings. The third kappa shape index (κ3) is 8.05. The Morgan fingerprint density at radius 2 is 1.86 bits per heavy atom. The first-order valence-corrected chi connectivity index (χ1v) is 8.32. The molecule has 1 aromatic rings. The first kappa shape index (κ1) is 18.0. The molecule has 3 heteroatoms. The van der Waals surface area contributed by atoms with Crippen molar-refractivity contribution in [1.82, 2.24) is 10.3 Å². The summed E-state index contributed by atoms with van der Waals surface area (Å²) >= 11 is 0. The molecule has 0 saturated heterocycles. The second-order valence-corrected chi connectivity index (χ2v) is 6.67. The molecule has 0 aromatic carbocycles. The second-order valence-electron chi connectivity index (χ2n) is 6.67. The fraction of sp³-hybridized carbons (Fsp3) is 0.722. The molecule has 1 aromatic heterocycles. The van der Waals surface area contributed by atoms with Crippen LogP contribution in [-0.2, 0) is 13.0 Å². The zero-order chi connectivity index (χ0) is 15.7. The molecule has 1 N–H and O–H groups in total. The fourth-order valence-electron chi connectivity index (χ4n) is 2.05. The lowest BCUT2D eigenvalue weighted by atomic mass is 10.1. The largest absolute Gasteiger partial charge is 0.478 e. The zero-order valence-corrected chi connectivity index (χ0v) is 14.5. The smallest absolute Gasteiger partial charge is 0.213 e. The summed E-state index contributed by atoms with van der Waals surface area (Å²) in [7, 11) is 0. The molecule has 120 valence electrons. The predicted octanol–water partition coefficient (Wildman–Crippen LogP) is 4.49. The minimum Gasteiger partial charge on any atom is -0.478 e. The highest BCUT2D eigenvalue weighted by Gasteiger charge is 2.10. The van der Waals surface area contributed by atoms with Crippen LogP contribution in [0.4, 0.5) is 0 Å². The van der Waals surface area contributed by atoms with Crippen molar-refractivity contribution in [1.29, 1.82) is 0 Å². The lowest BCUT2D eigenvalue weighted by Gasteiger charge is -2.21. The molecule has 0 spiro atoms. The molecule has 0 bridgehead atoms. The van der Waals surface area contributed by atoms with Crippen LogP contribution >= 0.6 is 0 Å². The van der Waals surface area contributed by atoms with Crippen molar-refractivity contribution in [2.24, 2.45) is 0 Å². The first-order valence-electron chi connectivity index (χ1n) is 8.32. The molecule has 3 nitrogen and oxygen atoms in total. The number of aromatic nitrogens is 1. The lowest BCUT2D eigenvalue weighted by Crippen LogP contribution is -2.35. The molecule has 1 heterocycles. The molecule has 0 aliphatic rings. The molecular formula is C18H32N2O. The highest BCUT2D eigenvalue weighted by molar-refractivity contribution is 5.25. The van der Waals surface area contributed by atoms with Crippen molar-refractivity contribution in [3.05, 3.63) is 23.4 Å². The fourth-order valence-corrected chi connectivity index (χ4v) is 2.05. The minimum absolute atomic E-state index is 0.122. The van der Waals surface area contributed by atoms with Crippen LogP contribution in [0, 0.1) is 0 Å². The van der Waals surface area contributed by atoms with Gasteiger partial charge in [0.2, 0.25) is 5.88 Å². The van der Waals surface area contributed by atoms with Gasteiger partial charge in [0.1, 0.15) is 0 Å². The van der Waals surface area contributed by atoms with E-state index in [4.69, 9.17) is 4.74 Å². The van der Waals surface area contributed by atoms with E-state index in [1.165, 1.54) is 24.8 Å². The van der Waals surface area contributed by atoms with Gasteiger partial charge in [-0.2, -0.15) is 0 Å². The van der Waals surface area contributed by atoms with Crippen molar-refractivity contribution >= 4 is 0 Å². The number of hydrogen-bond acceptors (Lipinski definition) is 3. The van der Waals surface area contributed by atoms with E-state index in [1.54, 1.807) is 0 Å². The van der Waals surface area contributed by atoms with Gasteiger partial charge in [0.15, 0.2) is 0 Å². The Bertz CT molecular complexity index is 410. The maximum Gasteiger partial charge on any atom is 0.213 e. The standard InChI is InChI=1S/C18H32N2O/c1-6-8-9-10-11-21-17-13-15(12-16(7-2)20-17)14-19-18(3,4)5/h12-13,19H,6-11,14H2,1-5H3. The molecule has 0 radical (unpaired) electrons. The second kappa shape index (κ2) is 9.04. The van der Waals surface area contributed by atoms with Crippen LogP contribution in [0.25, 0.3) is 0 Å². The maximum absolute atomic E-state index is 5.83. The van der Waals surface area contributed by atoms with Gasteiger partial charge >= 0.3 is 0 Å². The van der Waals surface area contributed by atoms with E-state index in [0.717, 1.165) is 37.6 Å². The Balaban J connectivity index is 2.58. The van der Waals surface area contributed by atoms with Crippen molar-refractivity contribution in [3.63, 3.8) is 0 Å². The molecule has 0 saturated carbocycles. The molecule has 21 heavy (non-hydrogen) atoms. The number of rotatable bonds is 9. The van der Waals surface area contributed by atoms with E-state index in [9.17, 15) is 0 Å². The van der Waals surface area contributed by atoms with Crippen LogP contribution in [0.5, 0.6) is 5.88 Å². The number of aryl methyl sites for hydroxylation is 1. The van der Waals surface area contributed by atoms with E-state index in [-0.39, 0.29) is 5.54 Å². The first-order chi connectivity index (χ1) is 9.94. The summed E-state index contributed by atoms with van der Waals surface area (Å²) in [5, 5.41) is 3.52. The lowest BCUT2D eigenvalue weighted by molar-refractivity contribution is 0.292. The number of nitrogens with zero attached hydrogens (tertiary/aromatic N) is 1. The number of nitrogens with one attached hydrogen (secondary N) is 1. The normalized spacial score (nSPS) is 11.7. The summed E-state index contributed by atoms with van der Waals surface area (Å²) in [4.78, 5) is 4.56. The minimum atomic E-state index is 0.122. The Labute approximate surface area is 130 Å². The number of hydrogen-bond donors (Lipinski definition) is 1. The summed E-state index contributed by atoms with van der Waals surface area (Å²) in [6, 6.07) is 4.24. The quantitative estimate of drug-likeness (QED) is 0.681. The van der Waals surface area contributed by atoms with Crippen molar-refractivity contribution in [3.8, 4) is 5.88 Å². The summed E-state index contributed by atoms with van der Waals surface area (Å²) in [6.45, 7) is 12.5. The Morgan fingerprint density at radius 1 is 1.10 bits per heavy atom. The van der Waals surface area contributed by atoms with Gasteiger partial charge in [-0.3, -0.25) is 0 Å². The van der Waals surface area contributed by atoms with Crippen molar-refractivity contribution < 1.29 is 4.74 Å². The Kier molecular flexibility index (Phi) is 7.73. The summed E-state index contributed by atoms with van der Waals surface area (Å²) in [6.07, 6.45) is 5.83. The maximum atomic E-state index is 5.83. The van der Waals surface area contributed by atoms with Gasteiger partial charge in [-0.25, -0.2) is 4.98 Å². The van der Waals surface area contributed by atoms with Gasteiger partial charge in [-0.05, 0) is 45.2 Å². The average molecular weight is 292 g/mol. The predicted molar refractivity (Wildman–Crippen MR) is 89.8 cm³/mol. The third-order valence-corrected chi connectivity index (χ3v) is 3.35. The molecule has 0 amide bonds. The molecule has 0 atom stereocenters. The van der Waals surface area contributed by atoms with Crippen LogP contribution in [-0.4, -0.2) is 17.1 Å². The molecule has 0 unspecified atom stereocenters. The number of pyridine rings is 1.